The summed E-state index contributed by atoms with van der Waals surface area (Å²) >= 11 is 3.38. The van der Waals surface area contributed by atoms with Crippen molar-refractivity contribution in [3.05, 3.63) is 88.4 Å². The maximum atomic E-state index is 12.6. The van der Waals surface area contributed by atoms with Gasteiger partial charge in [-0.2, -0.15) is 0 Å². The van der Waals surface area contributed by atoms with E-state index in [1.165, 1.54) is 4.90 Å². The van der Waals surface area contributed by atoms with Crippen molar-refractivity contribution in [3.63, 3.8) is 0 Å². The Morgan fingerprint density at radius 2 is 1.76 bits per heavy atom. The van der Waals surface area contributed by atoms with Gasteiger partial charge in [0.15, 0.2) is 0 Å². The van der Waals surface area contributed by atoms with Crippen LogP contribution in [-0.4, -0.2) is 28.2 Å². The zero-order chi connectivity index (χ0) is 18.0. The van der Waals surface area contributed by atoms with Crippen LogP contribution in [0, 0.1) is 0 Å². The van der Waals surface area contributed by atoms with Gasteiger partial charge in [-0.05, 0) is 17.7 Å². The molecule has 0 spiro atoms. The molecule has 5 heteroatoms. The minimum Gasteiger partial charge on any atom is -0.507 e. The van der Waals surface area contributed by atoms with Crippen molar-refractivity contribution >= 4 is 33.4 Å². The van der Waals surface area contributed by atoms with Crippen LogP contribution >= 0.6 is 15.9 Å². The van der Waals surface area contributed by atoms with Crippen molar-refractivity contribution in [2.45, 2.75) is 6.04 Å². The van der Waals surface area contributed by atoms with E-state index in [4.69, 9.17) is 0 Å². The van der Waals surface area contributed by atoms with Gasteiger partial charge in [0.2, 0.25) is 0 Å². The molecular weight excluding hydrogens is 382 g/mol. The van der Waals surface area contributed by atoms with Crippen molar-refractivity contribution < 1.29 is 14.7 Å². The Kier molecular flexibility index (Phi) is 4.86. The van der Waals surface area contributed by atoms with Gasteiger partial charge in [0.1, 0.15) is 5.76 Å². The van der Waals surface area contributed by atoms with Crippen LogP contribution < -0.4 is 0 Å². The summed E-state index contributed by atoms with van der Waals surface area (Å²) in [5, 5.41) is 10.7. The third kappa shape index (κ3) is 3.15. The zero-order valence-corrected chi connectivity index (χ0v) is 14.9. The predicted octanol–water partition coefficient (Wildman–Crippen LogP) is 4.06. The molecule has 0 aromatic heterocycles. The van der Waals surface area contributed by atoms with Gasteiger partial charge >= 0.3 is 0 Å². The fraction of sp³-hybridized carbons (Fsp3) is 0.100. The number of hydrogen-bond acceptors (Lipinski definition) is 3. The van der Waals surface area contributed by atoms with Crippen LogP contribution in [0.15, 0.2) is 77.3 Å². The van der Waals surface area contributed by atoms with E-state index in [1.807, 2.05) is 30.3 Å². The molecule has 1 N–H and O–H groups in total. The lowest BCUT2D eigenvalue weighted by Gasteiger charge is -2.24. The summed E-state index contributed by atoms with van der Waals surface area (Å²) in [5.41, 5.74) is 1.35. The number of benzene rings is 2. The third-order valence-electron chi connectivity index (χ3n) is 4.10. The molecule has 1 aliphatic heterocycles. The maximum Gasteiger partial charge on any atom is 0.295 e. The molecule has 0 aliphatic carbocycles. The van der Waals surface area contributed by atoms with Crippen molar-refractivity contribution in [2.24, 2.45) is 0 Å². The summed E-state index contributed by atoms with van der Waals surface area (Å²) < 4.78 is 0.889. The standard InChI is InChI=1S/C20H16BrNO3/c1-2-12-22-17(13-8-10-15(21)11-9-13)16(19(24)20(22)25)18(23)14-6-4-3-5-7-14/h2-11,17,23H,1,12H2/b18-16+/t17-/m1/s1. The van der Waals surface area contributed by atoms with Crippen LogP contribution in [0.1, 0.15) is 17.2 Å². The molecule has 1 amide bonds. The average Bonchev–Trinajstić information content (AvgIpc) is 2.88. The normalized spacial score (nSPS) is 19.2. The molecule has 126 valence electrons. The van der Waals surface area contributed by atoms with Gasteiger partial charge in [0.25, 0.3) is 11.7 Å². The van der Waals surface area contributed by atoms with Crippen molar-refractivity contribution in [1.82, 2.24) is 4.90 Å². The molecule has 0 saturated carbocycles. The summed E-state index contributed by atoms with van der Waals surface area (Å²) in [6, 6.07) is 15.4. The van der Waals surface area contributed by atoms with E-state index in [0.29, 0.717) is 5.56 Å². The minimum absolute atomic E-state index is 0.0976. The number of carbonyl (C=O) groups is 2. The first kappa shape index (κ1) is 17.2. The lowest BCUT2D eigenvalue weighted by molar-refractivity contribution is -0.139. The molecule has 25 heavy (non-hydrogen) atoms. The Balaban J connectivity index is 2.19. The highest BCUT2D eigenvalue weighted by molar-refractivity contribution is 9.10. The van der Waals surface area contributed by atoms with Crippen LogP contribution in [0.4, 0.5) is 0 Å². The molecule has 0 bridgehead atoms. The second-order valence-corrected chi connectivity index (χ2v) is 6.57. The SMILES string of the molecule is C=CCN1C(=O)C(=O)/C(=C(/O)c2ccccc2)[C@H]1c1ccc(Br)cc1. The van der Waals surface area contributed by atoms with Gasteiger partial charge in [-0.3, -0.25) is 9.59 Å². The number of nitrogens with zero attached hydrogens (tertiary/aromatic N) is 1. The van der Waals surface area contributed by atoms with Gasteiger partial charge in [-0.25, -0.2) is 0 Å². The Hall–Kier alpha value is -2.66. The number of halogens is 1. The zero-order valence-electron chi connectivity index (χ0n) is 13.4. The largest absolute Gasteiger partial charge is 0.507 e. The Labute approximate surface area is 154 Å². The van der Waals surface area contributed by atoms with Crippen LogP contribution in [-0.2, 0) is 9.59 Å². The van der Waals surface area contributed by atoms with Crippen LogP contribution in [0.25, 0.3) is 5.76 Å². The fourth-order valence-corrected chi connectivity index (χ4v) is 3.21. The van der Waals surface area contributed by atoms with Crippen LogP contribution in [0.5, 0.6) is 0 Å². The number of aliphatic hydroxyl groups excluding tert-OH is 1. The van der Waals surface area contributed by atoms with E-state index in [0.717, 1.165) is 10.0 Å². The molecule has 1 aliphatic rings. The highest BCUT2D eigenvalue weighted by atomic mass is 79.9. The first-order valence-corrected chi connectivity index (χ1v) is 8.54. The van der Waals surface area contributed by atoms with E-state index in [9.17, 15) is 14.7 Å². The predicted molar refractivity (Wildman–Crippen MR) is 99.8 cm³/mol. The van der Waals surface area contributed by atoms with Crippen molar-refractivity contribution in [3.8, 4) is 0 Å². The lowest BCUT2D eigenvalue weighted by atomic mass is 9.95. The summed E-state index contributed by atoms with van der Waals surface area (Å²) in [5.74, 6) is -1.49. The molecule has 0 radical (unpaired) electrons. The molecule has 4 nitrogen and oxygen atoms in total. The summed E-state index contributed by atoms with van der Waals surface area (Å²) in [6.45, 7) is 3.88. The number of Topliss-reactive ketones (excluding diaryl/α,β-unsaturated/α-hetero) is 1. The molecular formula is C20H16BrNO3. The summed E-state index contributed by atoms with van der Waals surface area (Å²) in [7, 11) is 0. The van der Waals surface area contributed by atoms with Gasteiger partial charge in [0.05, 0.1) is 11.6 Å². The first-order valence-electron chi connectivity index (χ1n) is 7.74. The number of amides is 1. The van der Waals surface area contributed by atoms with Gasteiger partial charge in [-0.1, -0.05) is 64.5 Å². The quantitative estimate of drug-likeness (QED) is 0.366. The highest BCUT2D eigenvalue weighted by Crippen LogP contribution is 2.39. The van der Waals surface area contributed by atoms with E-state index in [-0.39, 0.29) is 17.9 Å². The molecule has 2 aromatic rings. The van der Waals surface area contributed by atoms with E-state index < -0.39 is 17.7 Å². The van der Waals surface area contributed by atoms with Gasteiger partial charge in [-0.15, -0.1) is 6.58 Å². The first-order chi connectivity index (χ1) is 12.0. The Bertz CT molecular complexity index is 856. The topological polar surface area (TPSA) is 57.6 Å². The average molecular weight is 398 g/mol. The Morgan fingerprint density at radius 3 is 2.36 bits per heavy atom. The Morgan fingerprint density at radius 1 is 1.12 bits per heavy atom. The van der Waals surface area contributed by atoms with Crippen LogP contribution in [0.3, 0.4) is 0 Å². The minimum atomic E-state index is -0.684. The number of rotatable bonds is 4. The van der Waals surface area contributed by atoms with E-state index >= 15 is 0 Å². The third-order valence-corrected chi connectivity index (χ3v) is 4.63. The number of aliphatic hydroxyl groups is 1. The number of likely N-dealkylation sites (tertiary alicyclic amines) is 1. The monoisotopic (exact) mass is 397 g/mol. The summed E-state index contributed by atoms with van der Waals surface area (Å²) in [6.07, 6.45) is 1.57. The molecule has 1 saturated heterocycles. The molecule has 2 aromatic carbocycles. The second-order valence-electron chi connectivity index (χ2n) is 5.66. The van der Waals surface area contributed by atoms with E-state index in [1.54, 1.807) is 30.3 Å². The number of carbonyl (C=O) groups excluding carboxylic acids is 2. The van der Waals surface area contributed by atoms with Gasteiger partial charge < -0.3 is 10.0 Å². The van der Waals surface area contributed by atoms with Crippen molar-refractivity contribution in [2.75, 3.05) is 6.54 Å². The number of ketones is 1. The summed E-state index contributed by atoms with van der Waals surface area (Å²) in [4.78, 5) is 26.5. The fourth-order valence-electron chi connectivity index (χ4n) is 2.95. The maximum absolute atomic E-state index is 12.6. The molecule has 1 atom stereocenters. The molecule has 1 fully saturated rings. The molecule has 0 unspecified atom stereocenters. The lowest BCUT2D eigenvalue weighted by Crippen LogP contribution is -2.29. The van der Waals surface area contributed by atoms with Crippen molar-refractivity contribution in [1.29, 1.82) is 0 Å². The van der Waals surface area contributed by atoms with Gasteiger partial charge in [0, 0.05) is 16.6 Å². The van der Waals surface area contributed by atoms with Crippen LogP contribution in [0.2, 0.25) is 0 Å². The molecule has 3 rings (SSSR count). The smallest absolute Gasteiger partial charge is 0.295 e. The highest BCUT2D eigenvalue weighted by Gasteiger charge is 2.45. The van der Waals surface area contributed by atoms with E-state index in [2.05, 4.69) is 22.5 Å². The number of hydrogen-bond donors (Lipinski definition) is 1. The second kappa shape index (κ2) is 7.07. The molecule has 1 heterocycles.